The van der Waals surface area contributed by atoms with Gasteiger partial charge in [-0.3, -0.25) is 19.3 Å². The fourth-order valence-electron chi connectivity index (χ4n) is 1.14. The summed E-state index contributed by atoms with van der Waals surface area (Å²) in [5, 5.41) is 10.2. The van der Waals surface area contributed by atoms with Crippen LogP contribution in [0.15, 0.2) is 17.5 Å². The molecule has 16 heavy (non-hydrogen) atoms. The van der Waals surface area contributed by atoms with E-state index in [1.165, 1.54) is 18.3 Å². The lowest BCUT2D eigenvalue weighted by molar-refractivity contribution is -0.137. The van der Waals surface area contributed by atoms with E-state index in [4.69, 9.17) is 5.11 Å². The van der Waals surface area contributed by atoms with Gasteiger partial charge in [0, 0.05) is 13.5 Å². The number of carboxylic acids is 1. The van der Waals surface area contributed by atoms with E-state index >= 15 is 0 Å². The highest BCUT2D eigenvalue weighted by Crippen LogP contribution is 2.12. The van der Waals surface area contributed by atoms with Crippen LogP contribution in [0.1, 0.15) is 23.0 Å². The molecule has 0 aliphatic rings. The van der Waals surface area contributed by atoms with Crippen LogP contribution in [0.4, 0.5) is 0 Å². The molecule has 0 bridgehead atoms. The van der Waals surface area contributed by atoms with Gasteiger partial charge in [0.05, 0.1) is 11.3 Å². The number of carboxylic acid groups (broad SMARTS) is 1. The molecular weight excluding hydrogens is 230 g/mol. The Balaban J connectivity index is 2.74. The van der Waals surface area contributed by atoms with Gasteiger partial charge in [-0.1, -0.05) is 6.07 Å². The van der Waals surface area contributed by atoms with Crippen molar-refractivity contribution in [2.75, 3.05) is 6.54 Å². The lowest BCUT2D eigenvalue weighted by Gasteiger charge is -2.16. The molecule has 0 saturated heterocycles. The molecule has 2 amide bonds. The molecule has 0 atom stereocenters. The van der Waals surface area contributed by atoms with Crippen molar-refractivity contribution in [3.05, 3.63) is 22.4 Å². The van der Waals surface area contributed by atoms with E-state index in [2.05, 4.69) is 0 Å². The van der Waals surface area contributed by atoms with Gasteiger partial charge < -0.3 is 5.11 Å². The summed E-state index contributed by atoms with van der Waals surface area (Å²) in [4.78, 5) is 34.8. The molecule has 6 heteroatoms. The molecule has 5 nitrogen and oxygen atoms in total. The molecule has 86 valence electrons. The highest BCUT2D eigenvalue weighted by molar-refractivity contribution is 7.12. The molecular formula is C10H11NO4S. The molecule has 1 aromatic heterocycles. The monoisotopic (exact) mass is 241 g/mol. The highest BCUT2D eigenvalue weighted by atomic mass is 32.1. The first-order valence-corrected chi connectivity index (χ1v) is 5.48. The SMILES string of the molecule is CC(=O)N(CCC(=O)O)C(=O)c1cccs1. The van der Waals surface area contributed by atoms with Crippen LogP contribution in [0.2, 0.25) is 0 Å². The first-order valence-electron chi connectivity index (χ1n) is 4.60. The van der Waals surface area contributed by atoms with E-state index in [9.17, 15) is 14.4 Å². The van der Waals surface area contributed by atoms with Crippen molar-refractivity contribution in [2.45, 2.75) is 13.3 Å². The lowest BCUT2D eigenvalue weighted by Crippen LogP contribution is -2.36. The van der Waals surface area contributed by atoms with Gasteiger partial charge in [0.25, 0.3) is 5.91 Å². The third kappa shape index (κ3) is 3.16. The number of amides is 2. The van der Waals surface area contributed by atoms with Gasteiger partial charge in [-0.25, -0.2) is 0 Å². The smallest absolute Gasteiger partial charge is 0.305 e. The average molecular weight is 241 g/mol. The number of imide groups is 1. The molecule has 1 rings (SSSR count). The van der Waals surface area contributed by atoms with Crippen LogP contribution in [-0.2, 0) is 9.59 Å². The normalized spacial score (nSPS) is 9.81. The predicted molar refractivity (Wildman–Crippen MR) is 58.3 cm³/mol. The Bertz CT molecular complexity index is 399. The Morgan fingerprint density at radius 3 is 2.56 bits per heavy atom. The third-order valence-corrected chi connectivity index (χ3v) is 2.76. The van der Waals surface area contributed by atoms with Crippen LogP contribution in [0.25, 0.3) is 0 Å². The van der Waals surface area contributed by atoms with Crippen LogP contribution in [-0.4, -0.2) is 34.3 Å². The molecule has 1 N–H and O–H groups in total. The predicted octanol–water partition coefficient (Wildman–Crippen LogP) is 1.21. The summed E-state index contributed by atoms with van der Waals surface area (Å²) in [6, 6.07) is 3.30. The standard InChI is InChI=1S/C10H11NO4S/c1-7(12)11(5-4-9(13)14)10(15)8-3-2-6-16-8/h2-3,6H,4-5H2,1H3,(H,13,14). The van der Waals surface area contributed by atoms with Gasteiger partial charge in [-0.15, -0.1) is 11.3 Å². The van der Waals surface area contributed by atoms with Crippen LogP contribution < -0.4 is 0 Å². The summed E-state index contributed by atoms with van der Waals surface area (Å²) in [6.45, 7) is 1.15. The van der Waals surface area contributed by atoms with Crippen molar-refractivity contribution in [2.24, 2.45) is 0 Å². The van der Waals surface area contributed by atoms with Gasteiger partial charge in [0.15, 0.2) is 0 Å². The van der Waals surface area contributed by atoms with E-state index in [0.717, 1.165) is 4.90 Å². The molecule has 0 aliphatic carbocycles. The summed E-state index contributed by atoms with van der Waals surface area (Å²) in [6.07, 6.45) is -0.239. The summed E-state index contributed by atoms with van der Waals surface area (Å²) in [7, 11) is 0. The molecule has 1 heterocycles. The Kier molecular flexibility index (Phi) is 4.19. The molecule has 0 spiro atoms. The molecule has 0 fully saturated rings. The minimum Gasteiger partial charge on any atom is -0.481 e. The van der Waals surface area contributed by atoms with Crippen molar-refractivity contribution in [1.82, 2.24) is 4.90 Å². The van der Waals surface area contributed by atoms with Gasteiger partial charge in [0.2, 0.25) is 5.91 Å². The molecule has 0 saturated carbocycles. The summed E-state index contributed by atoms with van der Waals surface area (Å²) >= 11 is 1.22. The Hall–Kier alpha value is -1.69. The average Bonchev–Trinajstić information content (AvgIpc) is 2.69. The number of aliphatic carboxylic acids is 1. The third-order valence-electron chi connectivity index (χ3n) is 1.91. The molecule has 0 aliphatic heterocycles. The van der Waals surface area contributed by atoms with E-state index in [-0.39, 0.29) is 13.0 Å². The second-order valence-corrected chi connectivity index (χ2v) is 4.04. The maximum Gasteiger partial charge on any atom is 0.305 e. The van der Waals surface area contributed by atoms with Crippen LogP contribution in [0, 0.1) is 0 Å². The summed E-state index contributed by atoms with van der Waals surface area (Å²) < 4.78 is 0. The van der Waals surface area contributed by atoms with Gasteiger partial charge in [0.1, 0.15) is 0 Å². The van der Waals surface area contributed by atoms with E-state index < -0.39 is 17.8 Å². The second-order valence-electron chi connectivity index (χ2n) is 3.10. The zero-order chi connectivity index (χ0) is 12.1. The molecule has 0 aromatic carbocycles. The minimum atomic E-state index is -1.04. The van der Waals surface area contributed by atoms with Gasteiger partial charge in [-0.05, 0) is 11.4 Å². The van der Waals surface area contributed by atoms with E-state index in [0.29, 0.717) is 4.88 Å². The second kappa shape index (κ2) is 5.41. The fourth-order valence-corrected chi connectivity index (χ4v) is 1.81. The largest absolute Gasteiger partial charge is 0.481 e. The van der Waals surface area contributed by atoms with E-state index in [1.54, 1.807) is 17.5 Å². The van der Waals surface area contributed by atoms with Crippen LogP contribution in [0.5, 0.6) is 0 Å². The molecule has 0 unspecified atom stereocenters. The van der Waals surface area contributed by atoms with Gasteiger partial charge >= 0.3 is 5.97 Å². The van der Waals surface area contributed by atoms with Gasteiger partial charge in [-0.2, -0.15) is 0 Å². The quantitative estimate of drug-likeness (QED) is 0.859. The van der Waals surface area contributed by atoms with Crippen molar-refractivity contribution in [3.63, 3.8) is 0 Å². The summed E-state index contributed by atoms with van der Waals surface area (Å²) in [5.41, 5.74) is 0. The lowest BCUT2D eigenvalue weighted by atomic mass is 10.3. The number of nitrogens with zero attached hydrogens (tertiary/aromatic N) is 1. The van der Waals surface area contributed by atoms with Crippen LogP contribution >= 0.6 is 11.3 Å². The number of hydrogen-bond acceptors (Lipinski definition) is 4. The molecule has 1 aromatic rings. The van der Waals surface area contributed by atoms with E-state index in [1.807, 2.05) is 0 Å². The Morgan fingerprint density at radius 2 is 2.12 bits per heavy atom. The molecule has 0 radical (unpaired) electrons. The zero-order valence-electron chi connectivity index (χ0n) is 8.67. The van der Waals surface area contributed by atoms with Crippen molar-refractivity contribution in [3.8, 4) is 0 Å². The number of thiophene rings is 1. The maximum absolute atomic E-state index is 11.8. The number of carbonyl (C=O) groups is 3. The maximum atomic E-state index is 11.8. The topological polar surface area (TPSA) is 74.7 Å². The minimum absolute atomic E-state index is 0.0958. The number of carbonyl (C=O) groups excluding carboxylic acids is 2. The Morgan fingerprint density at radius 1 is 1.44 bits per heavy atom. The first-order chi connectivity index (χ1) is 7.52. The van der Waals surface area contributed by atoms with Crippen molar-refractivity contribution in [1.29, 1.82) is 0 Å². The first kappa shape index (κ1) is 12.4. The highest BCUT2D eigenvalue weighted by Gasteiger charge is 2.20. The fraction of sp³-hybridized carbons (Fsp3) is 0.300. The van der Waals surface area contributed by atoms with Crippen LogP contribution in [0.3, 0.4) is 0 Å². The van der Waals surface area contributed by atoms with Crippen molar-refractivity contribution < 1.29 is 19.5 Å². The number of hydrogen-bond donors (Lipinski definition) is 1. The van der Waals surface area contributed by atoms with Crippen molar-refractivity contribution >= 4 is 29.1 Å². The summed E-state index contributed by atoms with van der Waals surface area (Å²) in [5.74, 6) is -1.92. The Labute approximate surface area is 96.3 Å². The zero-order valence-corrected chi connectivity index (χ0v) is 9.49. The number of rotatable bonds is 4.